The molecule has 0 aliphatic heterocycles. The van der Waals surface area contributed by atoms with Gasteiger partial charge in [0.1, 0.15) is 0 Å². The predicted octanol–water partition coefficient (Wildman–Crippen LogP) is 5.52. The zero-order valence-electron chi connectivity index (χ0n) is 11.8. The molecule has 0 aromatic rings. The second-order valence-corrected chi connectivity index (χ2v) is 5.92. The lowest BCUT2D eigenvalue weighted by Crippen LogP contribution is -1.84. The minimum absolute atomic E-state index is 1.02. The first-order chi connectivity index (χ1) is 7.01. The second-order valence-electron chi connectivity index (χ2n) is 5.92. The molecule has 0 heteroatoms. The van der Waals surface area contributed by atoms with E-state index in [1.54, 1.807) is 0 Å². The summed E-state index contributed by atoms with van der Waals surface area (Å²) in [4.78, 5) is 0. The van der Waals surface area contributed by atoms with Gasteiger partial charge < -0.3 is 0 Å². The first-order valence-corrected chi connectivity index (χ1v) is 7.01. The van der Waals surface area contributed by atoms with Gasteiger partial charge in [0.2, 0.25) is 0 Å². The Balaban J connectivity index is 0.000000216. The van der Waals surface area contributed by atoms with Crippen molar-refractivity contribution in [3.05, 3.63) is 0 Å². The molecule has 2 aliphatic carbocycles. The van der Waals surface area contributed by atoms with Gasteiger partial charge in [0, 0.05) is 0 Å². The van der Waals surface area contributed by atoms with E-state index in [-0.39, 0.29) is 0 Å². The summed E-state index contributed by atoms with van der Waals surface area (Å²) < 4.78 is 0. The Kier molecular flexibility index (Phi) is 8.19. The van der Waals surface area contributed by atoms with Crippen LogP contribution in [0.1, 0.15) is 73.6 Å². The molecule has 0 nitrogen and oxygen atoms in total. The molecule has 0 amide bonds. The molecule has 2 saturated carbocycles. The second kappa shape index (κ2) is 8.19. The summed E-state index contributed by atoms with van der Waals surface area (Å²) in [6.45, 7) is 13.5. The lowest BCUT2D eigenvalue weighted by molar-refractivity contribution is 0.555. The largest absolute Gasteiger partial charge is 0.0656 e. The van der Waals surface area contributed by atoms with Crippen molar-refractivity contribution in [3.63, 3.8) is 0 Å². The van der Waals surface area contributed by atoms with Crippen molar-refractivity contribution in [2.45, 2.75) is 73.6 Å². The number of rotatable bonds is 0. The summed E-state index contributed by atoms with van der Waals surface area (Å²) in [6.07, 6.45) is 7.14. The van der Waals surface area contributed by atoms with Crippen LogP contribution in [-0.4, -0.2) is 0 Å². The average Bonchev–Trinajstić information content (AvgIpc) is 2.61. The molecule has 2 aliphatic rings. The molecule has 2 rings (SSSR count). The third-order valence-corrected chi connectivity index (χ3v) is 3.47. The summed E-state index contributed by atoms with van der Waals surface area (Å²) >= 11 is 0. The smallest absolute Gasteiger partial charge is 0.0414 e. The van der Waals surface area contributed by atoms with Crippen LogP contribution in [0.5, 0.6) is 0 Å². The number of hydrogen-bond acceptors (Lipinski definition) is 0. The van der Waals surface area contributed by atoms with E-state index >= 15 is 0 Å². The van der Waals surface area contributed by atoms with Gasteiger partial charge in [-0.2, -0.15) is 0 Å². The van der Waals surface area contributed by atoms with Gasteiger partial charge in [-0.3, -0.25) is 0 Å². The predicted molar refractivity (Wildman–Crippen MR) is 71.1 cm³/mol. The van der Waals surface area contributed by atoms with Gasteiger partial charge in [-0.25, -0.2) is 0 Å². The van der Waals surface area contributed by atoms with E-state index < -0.39 is 0 Å². The molecule has 15 heavy (non-hydrogen) atoms. The topological polar surface area (TPSA) is 0 Å². The van der Waals surface area contributed by atoms with Gasteiger partial charge in [0.15, 0.2) is 0 Å². The van der Waals surface area contributed by atoms with Crippen LogP contribution in [0.4, 0.5) is 0 Å². The van der Waals surface area contributed by atoms with Gasteiger partial charge >= 0.3 is 0 Å². The lowest BCUT2D eigenvalue weighted by atomic mass is 10.1. The third kappa shape index (κ3) is 8.96. The van der Waals surface area contributed by atoms with Crippen molar-refractivity contribution in [3.8, 4) is 0 Å². The molecule has 92 valence electrons. The lowest BCUT2D eigenvalue weighted by Gasteiger charge is -1.96. The first kappa shape index (κ1) is 15.0. The van der Waals surface area contributed by atoms with Crippen LogP contribution >= 0.6 is 0 Å². The molecule has 2 fully saturated rings. The molecule has 0 bridgehead atoms. The normalized spacial score (nSPS) is 37.2. The van der Waals surface area contributed by atoms with E-state index in [9.17, 15) is 0 Å². The van der Waals surface area contributed by atoms with Gasteiger partial charge in [0.05, 0.1) is 0 Å². The zero-order chi connectivity index (χ0) is 11.8. The first-order valence-electron chi connectivity index (χ1n) is 7.01. The van der Waals surface area contributed by atoms with Crippen molar-refractivity contribution in [2.75, 3.05) is 0 Å². The minimum atomic E-state index is 1.02. The Bertz CT molecular complexity index is 125. The molecular weight excluding hydrogens is 180 g/mol. The maximum atomic E-state index is 2.35. The summed E-state index contributed by atoms with van der Waals surface area (Å²) in [6, 6.07) is 0. The van der Waals surface area contributed by atoms with E-state index in [1.807, 2.05) is 0 Å². The van der Waals surface area contributed by atoms with E-state index in [2.05, 4.69) is 41.5 Å². The Morgan fingerprint density at radius 1 is 0.733 bits per heavy atom. The van der Waals surface area contributed by atoms with Crippen molar-refractivity contribution in [2.24, 2.45) is 23.7 Å². The van der Waals surface area contributed by atoms with E-state index in [1.165, 1.54) is 32.1 Å². The fraction of sp³-hybridized carbons (Fsp3) is 1.00. The fourth-order valence-electron chi connectivity index (χ4n) is 2.00. The van der Waals surface area contributed by atoms with Gasteiger partial charge in [-0.05, 0) is 36.5 Å². The molecule has 0 spiro atoms. The molecular formula is C15H32. The fourth-order valence-corrected chi connectivity index (χ4v) is 2.00. The van der Waals surface area contributed by atoms with Crippen molar-refractivity contribution >= 4 is 0 Å². The molecule has 4 atom stereocenters. The molecule has 4 unspecified atom stereocenters. The third-order valence-electron chi connectivity index (χ3n) is 3.47. The standard InChI is InChI=1S/C7H14.C5H10.C3H8/c1-6-3-4-7(2)5-6;1-4-3-5(4)2;1-3-2/h6-7H,3-5H2,1-2H3;4-5H,3H2,1-2H3;3H2,1-2H3. The van der Waals surface area contributed by atoms with Crippen LogP contribution in [0.3, 0.4) is 0 Å². The summed E-state index contributed by atoms with van der Waals surface area (Å²) in [5.74, 6) is 4.15. The molecule has 0 aromatic heterocycles. The van der Waals surface area contributed by atoms with Crippen LogP contribution in [0.25, 0.3) is 0 Å². The summed E-state index contributed by atoms with van der Waals surface area (Å²) in [5.41, 5.74) is 0. The zero-order valence-corrected chi connectivity index (χ0v) is 11.8. The van der Waals surface area contributed by atoms with Crippen molar-refractivity contribution < 1.29 is 0 Å². The highest BCUT2D eigenvalue weighted by atomic mass is 14.3. The average molecular weight is 212 g/mol. The van der Waals surface area contributed by atoms with Crippen LogP contribution in [0, 0.1) is 23.7 Å². The van der Waals surface area contributed by atoms with Gasteiger partial charge in [-0.1, -0.05) is 60.8 Å². The molecule has 0 saturated heterocycles. The maximum absolute atomic E-state index is 2.35. The van der Waals surface area contributed by atoms with Crippen LogP contribution in [-0.2, 0) is 0 Å². The molecule has 0 aromatic carbocycles. The Morgan fingerprint density at radius 3 is 1.07 bits per heavy atom. The minimum Gasteiger partial charge on any atom is -0.0656 e. The van der Waals surface area contributed by atoms with Crippen LogP contribution in [0.15, 0.2) is 0 Å². The van der Waals surface area contributed by atoms with E-state index in [0.717, 1.165) is 23.7 Å². The van der Waals surface area contributed by atoms with Crippen LogP contribution in [0.2, 0.25) is 0 Å². The Morgan fingerprint density at radius 2 is 1.00 bits per heavy atom. The van der Waals surface area contributed by atoms with E-state index in [0.29, 0.717) is 0 Å². The van der Waals surface area contributed by atoms with Gasteiger partial charge in [-0.15, -0.1) is 0 Å². The Labute approximate surface area is 97.8 Å². The van der Waals surface area contributed by atoms with E-state index in [4.69, 9.17) is 0 Å². The molecule has 0 N–H and O–H groups in total. The highest BCUT2D eigenvalue weighted by Crippen LogP contribution is 2.36. The summed E-state index contributed by atoms with van der Waals surface area (Å²) in [5, 5.41) is 0. The SMILES string of the molecule is CC1CC1C.CC1CCC(C)C1.CCC. The maximum Gasteiger partial charge on any atom is -0.0414 e. The Hall–Kier alpha value is 0. The van der Waals surface area contributed by atoms with Gasteiger partial charge in [0.25, 0.3) is 0 Å². The number of hydrogen-bond donors (Lipinski definition) is 0. The monoisotopic (exact) mass is 212 g/mol. The molecule has 0 radical (unpaired) electrons. The highest BCUT2D eigenvalue weighted by Gasteiger charge is 2.26. The molecule has 0 heterocycles. The highest BCUT2D eigenvalue weighted by molar-refractivity contribution is 4.76. The van der Waals surface area contributed by atoms with Crippen molar-refractivity contribution in [1.29, 1.82) is 0 Å². The quantitative estimate of drug-likeness (QED) is 0.496. The van der Waals surface area contributed by atoms with Crippen LogP contribution < -0.4 is 0 Å². The summed E-state index contributed by atoms with van der Waals surface area (Å²) in [7, 11) is 0. The van der Waals surface area contributed by atoms with Crippen molar-refractivity contribution in [1.82, 2.24) is 0 Å².